The Morgan fingerprint density at radius 1 is 1.47 bits per heavy atom. The van der Waals surface area contributed by atoms with Crippen LogP contribution in [0.25, 0.3) is 0 Å². The van der Waals surface area contributed by atoms with Gasteiger partial charge in [0.1, 0.15) is 0 Å². The largest absolute Gasteiger partial charge is 0.388 e. The smallest absolute Gasteiger partial charge is 0.225 e. The summed E-state index contributed by atoms with van der Waals surface area (Å²) in [6.45, 7) is 1.90. The first-order valence-electron chi connectivity index (χ1n) is 5.18. The van der Waals surface area contributed by atoms with Gasteiger partial charge in [0.05, 0.1) is 12.4 Å². The minimum Gasteiger partial charge on any atom is -0.388 e. The number of rotatable bonds is 7. The molecule has 1 rings (SSSR count). The lowest BCUT2D eigenvalue weighted by atomic mass is 10.3. The number of hydrogen-bond donors (Lipinski definition) is 2. The van der Waals surface area contributed by atoms with Gasteiger partial charge in [0.15, 0.2) is 0 Å². The summed E-state index contributed by atoms with van der Waals surface area (Å²) in [7, 11) is 1.65. The lowest BCUT2D eigenvalue weighted by molar-refractivity contribution is 0.205. The molecule has 7 heteroatoms. The SMILES string of the molecule is COCCN(CCC(=N)N)c1ncc(I)cn1. The molecule has 3 N–H and O–H groups in total. The molecule has 0 saturated heterocycles. The third-order valence-corrected chi connectivity index (χ3v) is 2.66. The number of nitrogens with zero attached hydrogens (tertiary/aromatic N) is 3. The summed E-state index contributed by atoms with van der Waals surface area (Å²) in [4.78, 5) is 10.5. The number of amidine groups is 1. The van der Waals surface area contributed by atoms with E-state index < -0.39 is 0 Å². The quantitative estimate of drug-likeness (QED) is 0.433. The first kappa shape index (κ1) is 14.1. The Bertz CT molecular complexity index is 356. The van der Waals surface area contributed by atoms with Crippen molar-refractivity contribution >= 4 is 34.4 Å². The topological polar surface area (TPSA) is 88.1 Å². The van der Waals surface area contributed by atoms with Crippen molar-refractivity contribution in [2.24, 2.45) is 5.73 Å². The Kier molecular flexibility index (Phi) is 6.12. The highest BCUT2D eigenvalue weighted by molar-refractivity contribution is 14.1. The molecule has 0 aliphatic heterocycles. The van der Waals surface area contributed by atoms with E-state index in [2.05, 4.69) is 32.6 Å². The molecule has 0 atom stereocenters. The Morgan fingerprint density at radius 2 is 2.12 bits per heavy atom. The Morgan fingerprint density at radius 3 is 2.65 bits per heavy atom. The van der Waals surface area contributed by atoms with Crippen molar-refractivity contribution in [2.75, 3.05) is 31.7 Å². The van der Waals surface area contributed by atoms with Crippen LogP contribution in [0.2, 0.25) is 0 Å². The molecule has 0 fully saturated rings. The van der Waals surface area contributed by atoms with Crippen molar-refractivity contribution < 1.29 is 4.74 Å². The van der Waals surface area contributed by atoms with Crippen LogP contribution in [0.5, 0.6) is 0 Å². The van der Waals surface area contributed by atoms with E-state index >= 15 is 0 Å². The van der Waals surface area contributed by atoms with Gasteiger partial charge in [-0.2, -0.15) is 0 Å². The Labute approximate surface area is 114 Å². The lowest BCUT2D eigenvalue weighted by Crippen LogP contribution is -2.32. The molecule has 6 nitrogen and oxygen atoms in total. The summed E-state index contributed by atoms with van der Waals surface area (Å²) >= 11 is 2.16. The first-order chi connectivity index (χ1) is 8.13. The molecule has 94 valence electrons. The van der Waals surface area contributed by atoms with Gasteiger partial charge in [-0.05, 0) is 22.6 Å². The maximum atomic E-state index is 7.24. The number of nitrogens with one attached hydrogen (secondary N) is 1. The number of nitrogens with two attached hydrogens (primary N) is 1. The van der Waals surface area contributed by atoms with E-state index in [1.165, 1.54) is 0 Å². The first-order valence-corrected chi connectivity index (χ1v) is 6.25. The molecule has 0 spiro atoms. The number of aromatic nitrogens is 2. The molecular weight excluding hydrogens is 333 g/mol. The van der Waals surface area contributed by atoms with Crippen molar-refractivity contribution in [3.8, 4) is 0 Å². The summed E-state index contributed by atoms with van der Waals surface area (Å²) in [6, 6.07) is 0. The average molecular weight is 349 g/mol. The van der Waals surface area contributed by atoms with Gasteiger partial charge >= 0.3 is 0 Å². The van der Waals surface area contributed by atoms with Crippen LogP contribution in [0, 0.1) is 8.98 Å². The molecule has 0 bridgehead atoms. The minimum absolute atomic E-state index is 0.165. The van der Waals surface area contributed by atoms with Gasteiger partial charge in [0.2, 0.25) is 5.95 Å². The van der Waals surface area contributed by atoms with Crippen LogP contribution in [-0.2, 0) is 4.74 Å². The standard InChI is InChI=1S/C10H16IN5O/c1-17-5-4-16(3-2-9(12)13)10-14-6-8(11)7-15-10/h6-7H,2-5H2,1H3,(H3,12,13). The van der Waals surface area contributed by atoms with Gasteiger partial charge in [-0.1, -0.05) is 0 Å². The molecule has 0 aromatic carbocycles. The van der Waals surface area contributed by atoms with Crippen molar-refractivity contribution in [1.29, 1.82) is 5.41 Å². The van der Waals surface area contributed by atoms with Gasteiger partial charge in [-0.3, -0.25) is 5.41 Å². The fraction of sp³-hybridized carbons (Fsp3) is 0.500. The number of methoxy groups -OCH3 is 1. The van der Waals surface area contributed by atoms with Crippen LogP contribution in [0.1, 0.15) is 6.42 Å². The molecule has 0 aliphatic rings. The highest BCUT2D eigenvalue weighted by Gasteiger charge is 2.09. The third-order valence-electron chi connectivity index (χ3n) is 2.11. The zero-order chi connectivity index (χ0) is 12.7. The maximum absolute atomic E-state index is 7.24. The Balaban J connectivity index is 2.67. The molecule has 1 aromatic heterocycles. The second-order valence-corrected chi connectivity index (χ2v) is 4.70. The lowest BCUT2D eigenvalue weighted by Gasteiger charge is -2.21. The number of hydrogen-bond acceptors (Lipinski definition) is 5. The van der Waals surface area contributed by atoms with E-state index in [4.69, 9.17) is 15.9 Å². The van der Waals surface area contributed by atoms with E-state index in [0.717, 1.165) is 3.57 Å². The molecular formula is C10H16IN5O. The number of ether oxygens (including phenoxy) is 1. The monoisotopic (exact) mass is 349 g/mol. The summed E-state index contributed by atoms with van der Waals surface area (Å²) in [6.07, 6.45) is 4.02. The highest BCUT2D eigenvalue weighted by atomic mass is 127. The van der Waals surface area contributed by atoms with Crippen LogP contribution < -0.4 is 10.6 Å². The molecule has 0 aliphatic carbocycles. The zero-order valence-corrected chi connectivity index (χ0v) is 11.8. The van der Waals surface area contributed by atoms with E-state index in [-0.39, 0.29) is 5.84 Å². The van der Waals surface area contributed by atoms with E-state index in [1.54, 1.807) is 19.5 Å². The van der Waals surface area contributed by atoms with Crippen LogP contribution in [0.4, 0.5) is 5.95 Å². The second-order valence-electron chi connectivity index (χ2n) is 3.46. The second kappa shape index (κ2) is 7.38. The normalized spacial score (nSPS) is 10.2. The van der Waals surface area contributed by atoms with E-state index in [0.29, 0.717) is 32.1 Å². The van der Waals surface area contributed by atoms with E-state index in [9.17, 15) is 0 Å². The summed E-state index contributed by atoms with van der Waals surface area (Å²) in [5, 5.41) is 7.24. The van der Waals surface area contributed by atoms with Crippen molar-refractivity contribution in [2.45, 2.75) is 6.42 Å². The molecule has 0 unspecified atom stereocenters. The van der Waals surface area contributed by atoms with Crippen LogP contribution in [0.15, 0.2) is 12.4 Å². The highest BCUT2D eigenvalue weighted by Crippen LogP contribution is 2.08. The third kappa shape index (κ3) is 5.26. The van der Waals surface area contributed by atoms with Gasteiger partial charge in [0.25, 0.3) is 0 Å². The van der Waals surface area contributed by atoms with E-state index in [1.807, 2.05) is 4.90 Å². The predicted molar refractivity (Wildman–Crippen MR) is 75.4 cm³/mol. The van der Waals surface area contributed by atoms with Gasteiger partial charge in [-0.25, -0.2) is 9.97 Å². The summed E-state index contributed by atoms with van der Waals surface area (Å²) in [5.41, 5.74) is 5.35. The van der Waals surface area contributed by atoms with Gasteiger partial charge in [-0.15, -0.1) is 0 Å². The molecule has 1 aromatic rings. The zero-order valence-electron chi connectivity index (χ0n) is 9.69. The predicted octanol–water partition coefficient (Wildman–Crippen LogP) is 0.860. The molecule has 1 heterocycles. The minimum atomic E-state index is 0.165. The fourth-order valence-corrected chi connectivity index (χ4v) is 1.52. The molecule has 17 heavy (non-hydrogen) atoms. The van der Waals surface area contributed by atoms with Gasteiger partial charge < -0.3 is 15.4 Å². The number of halogens is 1. The van der Waals surface area contributed by atoms with Gasteiger partial charge in [0, 0.05) is 42.6 Å². The van der Waals surface area contributed by atoms with Crippen molar-refractivity contribution in [3.05, 3.63) is 16.0 Å². The van der Waals surface area contributed by atoms with Crippen molar-refractivity contribution in [3.63, 3.8) is 0 Å². The Hall–Kier alpha value is -0.960. The average Bonchev–Trinajstić information content (AvgIpc) is 2.30. The summed E-state index contributed by atoms with van der Waals surface area (Å²) < 4.78 is 6.03. The maximum Gasteiger partial charge on any atom is 0.225 e. The molecule has 0 radical (unpaired) electrons. The molecule has 0 saturated carbocycles. The molecule has 0 amide bonds. The number of anilines is 1. The summed E-state index contributed by atoms with van der Waals surface area (Å²) in [5.74, 6) is 0.807. The fourth-order valence-electron chi connectivity index (χ4n) is 1.24. The van der Waals surface area contributed by atoms with Crippen molar-refractivity contribution in [1.82, 2.24) is 9.97 Å². The van der Waals surface area contributed by atoms with Crippen LogP contribution in [-0.4, -0.2) is 42.6 Å². The van der Waals surface area contributed by atoms with Crippen LogP contribution in [0.3, 0.4) is 0 Å². The van der Waals surface area contributed by atoms with Crippen LogP contribution >= 0.6 is 22.6 Å².